The zero-order valence-corrected chi connectivity index (χ0v) is 9.67. The molecule has 0 saturated carbocycles. The van der Waals surface area contributed by atoms with Crippen LogP contribution in [-0.2, 0) is 11.2 Å². The van der Waals surface area contributed by atoms with Gasteiger partial charge in [-0.25, -0.2) is 0 Å². The number of ether oxygens (including phenoxy) is 1. The molecule has 0 heterocycles. The lowest BCUT2D eigenvalue weighted by Gasteiger charge is -2.11. The molecule has 0 aromatic heterocycles. The summed E-state index contributed by atoms with van der Waals surface area (Å²) in [6, 6.07) is 5.38. The molecule has 0 atom stereocenters. The van der Waals surface area contributed by atoms with Gasteiger partial charge in [0, 0.05) is 10.6 Å². The molecule has 1 rings (SSSR count). The summed E-state index contributed by atoms with van der Waals surface area (Å²) < 4.78 is 5.44. The van der Waals surface area contributed by atoms with Gasteiger partial charge in [0.2, 0.25) is 5.91 Å². The average Bonchev–Trinajstić information content (AvgIpc) is 2.22. The van der Waals surface area contributed by atoms with Crippen LogP contribution in [0, 0.1) is 0 Å². The van der Waals surface area contributed by atoms with Crippen LogP contribution in [0.25, 0.3) is 0 Å². The number of halogens is 1. The zero-order valence-electron chi connectivity index (χ0n) is 8.91. The van der Waals surface area contributed by atoms with Crippen LogP contribution < -0.4 is 16.2 Å². The van der Waals surface area contributed by atoms with Crippen LogP contribution in [0.15, 0.2) is 18.2 Å². The SMILES string of the molecule is NCCc1c(Cl)cccc1OCCC(N)=O. The first-order valence-electron chi connectivity index (χ1n) is 5.03. The van der Waals surface area contributed by atoms with Crippen molar-refractivity contribution in [2.24, 2.45) is 11.5 Å². The molecule has 0 aliphatic heterocycles. The van der Waals surface area contributed by atoms with Crippen molar-refractivity contribution in [2.45, 2.75) is 12.8 Å². The molecule has 0 aliphatic carbocycles. The second-order valence-electron chi connectivity index (χ2n) is 3.32. The van der Waals surface area contributed by atoms with Gasteiger partial charge in [-0.15, -0.1) is 0 Å². The maximum Gasteiger partial charge on any atom is 0.220 e. The summed E-state index contributed by atoms with van der Waals surface area (Å²) in [5, 5.41) is 0.627. The predicted molar refractivity (Wildman–Crippen MR) is 63.5 cm³/mol. The van der Waals surface area contributed by atoms with Gasteiger partial charge < -0.3 is 16.2 Å². The quantitative estimate of drug-likeness (QED) is 0.784. The van der Waals surface area contributed by atoms with E-state index in [1.165, 1.54) is 0 Å². The molecule has 1 amide bonds. The molecule has 4 nitrogen and oxygen atoms in total. The van der Waals surface area contributed by atoms with Gasteiger partial charge in [-0.3, -0.25) is 4.79 Å². The van der Waals surface area contributed by atoms with Crippen molar-refractivity contribution >= 4 is 17.5 Å². The van der Waals surface area contributed by atoms with Crippen LogP contribution in [0.5, 0.6) is 5.75 Å². The number of hydrogen-bond acceptors (Lipinski definition) is 3. The van der Waals surface area contributed by atoms with Gasteiger partial charge in [0.1, 0.15) is 5.75 Å². The maximum atomic E-state index is 10.6. The van der Waals surface area contributed by atoms with Crippen molar-refractivity contribution < 1.29 is 9.53 Å². The lowest BCUT2D eigenvalue weighted by molar-refractivity contribution is -0.118. The fourth-order valence-corrected chi connectivity index (χ4v) is 1.58. The number of carbonyl (C=O) groups excluding carboxylic acids is 1. The van der Waals surface area contributed by atoms with Crippen molar-refractivity contribution in [1.82, 2.24) is 0 Å². The molecule has 5 heteroatoms. The Labute approximate surface area is 99.5 Å². The number of nitrogens with two attached hydrogens (primary N) is 2. The van der Waals surface area contributed by atoms with Crippen LogP contribution in [-0.4, -0.2) is 19.1 Å². The molecule has 0 spiro atoms. The van der Waals surface area contributed by atoms with Gasteiger partial charge in [-0.05, 0) is 25.1 Å². The first-order valence-corrected chi connectivity index (χ1v) is 5.41. The Hall–Kier alpha value is -1.26. The number of benzene rings is 1. The van der Waals surface area contributed by atoms with Crippen LogP contribution in [0.1, 0.15) is 12.0 Å². The number of primary amides is 1. The second-order valence-corrected chi connectivity index (χ2v) is 3.73. The third kappa shape index (κ3) is 3.72. The zero-order chi connectivity index (χ0) is 12.0. The minimum atomic E-state index is -0.387. The second kappa shape index (κ2) is 6.35. The van der Waals surface area contributed by atoms with Crippen molar-refractivity contribution in [3.63, 3.8) is 0 Å². The Kier molecular flexibility index (Phi) is 5.08. The smallest absolute Gasteiger partial charge is 0.220 e. The summed E-state index contributed by atoms with van der Waals surface area (Å²) in [6.07, 6.45) is 0.833. The maximum absolute atomic E-state index is 10.6. The van der Waals surface area contributed by atoms with Gasteiger partial charge in [0.05, 0.1) is 13.0 Å². The van der Waals surface area contributed by atoms with Crippen LogP contribution in [0.3, 0.4) is 0 Å². The summed E-state index contributed by atoms with van der Waals surface area (Å²) in [5.74, 6) is 0.279. The van der Waals surface area contributed by atoms with E-state index in [0.717, 1.165) is 5.56 Å². The van der Waals surface area contributed by atoms with E-state index in [4.69, 9.17) is 27.8 Å². The van der Waals surface area contributed by atoms with Gasteiger partial charge in [-0.2, -0.15) is 0 Å². The summed E-state index contributed by atoms with van der Waals surface area (Å²) in [5.41, 5.74) is 11.4. The number of carbonyl (C=O) groups is 1. The highest BCUT2D eigenvalue weighted by atomic mass is 35.5. The Morgan fingerprint density at radius 3 is 2.81 bits per heavy atom. The topological polar surface area (TPSA) is 78.3 Å². The van der Waals surface area contributed by atoms with E-state index in [0.29, 0.717) is 23.7 Å². The minimum Gasteiger partial charge on any atom is -0.493 e. The van der Waals surface area contributed by atoms with E-state index in [1.807, 2.05) is 0 Å². The van der Waals surface area contributed by atoms with E-state index in [1.54, 1.807) is 18.2 Å². The highest BCUT2D eigenvalue weighted by Crippen LogP contribution is 2.26. The summed E-state index contributed by atoms with van der Waals surface area (Å²) >= 11 is 6.02. The lowest BCUT2D eigenvalue weighted by Crippen LogP contribution is -2.15. The lowest BCUT2D eigenvalue weighted by atomic mass is 10.1. The molecule has 0 saturated heterocycles. The number of rotatable bonds is 6. The van der Waals surface area contributed by atoms with E-state index in [9.17, 15) is 4.79 Å². The Morgan fingerprint density at radius 1 is 1.44 bits per heavy atom. The van der Waals surface area contributed by atoms with E-state index in [2.05, 4.69) is 0 Å². The fourth-order valence-electron chi connectivity index (χ4n) is 1.32. The fraction of sp³-hybridized carbons (Fsp3) is 0.364. The Balaban J connectivity index is 2.70. The van der Waals surface area contributed by atoms with Crippen LogP contribution in [0.2, 0.25) is 5.02 Å². The molecular formula is C11H15ClN2O2. The normalized spacial score (nSPS) is 10.1. The number of amides is 1. The first-order chi connectivity index (χ1) is 7.65. The molecule has 0 bridgehead atoms. The van der Waals surface area contributed by atoms with E-state index in [-0.39, 0.29) is 18.9 Å². The molecule has 88 valence electrons. The largest absolute Gasteiger partial charge is 0.493 e. The van der Waals surface area contributed by atoms with Gasteiger partial charge in [0.15, 0.2) is 0 Å². The molecular weight excluding hydrogens is 228 g/mol. The van der Waals surface area contributed by atoms with Gasteiger partial charge >= 0.3 is 0 Å². The standard InChI is InChI=1S/C11H15ClN2O2/c12-9-2-1-3-10(8(9)4-6-13)16-7-5-11(14)15/h1-3H,4-7,13H2,(H2,14,15). The van der Waals surface area contributed by atoms with Crippen molar-refractivity contribution in [1.29, 1.82) is 0 Å². The molecule has 1 aromatic rings. The van der Waals surface area contributed by atoms with Gasteiger partial charge in [0.25, 0.3) is 0 Å². The summed E-state index contributed by atoms with van der Waals surface area (Å²) in [7, 11) is 0. The highest BCUT2D eigenvalue weighted by Gasteiger charge is 2.07. The predicted octanol–water partition coefficient (Wildman–Crippen LogP) is 1.10. The van der Waals surface area contributed by atoms with E-state index < -0.39 is 0 Å². The van der Waals surface area contributed by atoms with Crippen molar-refractivity contribution in [2.75, 3.05) is 13.2 Å². The van der Waals surface area contributed by atoms with Crippen LogP contribution >= 0.6 is 11.6 Å². The molecule has 16 heavy (non-hydrogen) atoms. The molecule has 0 unspecified atom stereocenters. The molecule has 0 aliphatic rings. The monoisotopic (exact) mass is 242 g/mol. The van der Waals surface area contributed by atoms with Crippen molar-refractivity contribution in [3.05, 3.63) is 28.8 Å². The van der Waals surface area contributed by atoms with E-state index >= 15 is 0 Å². The van der Waals surface area contributed by atoms with Gasteiger partial charge in [-0.1, -0.05) is 17.7 Å². The average molecular weight is 243 g/mol. The minimum absolute atomic E-state index is 0.189. The van der Waals surface area contributed by atoms with Crippen LogP contribution in [0.4, 0.5) is 0 Å². The Bertz CT molecular complexity index is 369. The third-order valence-electron chi connectivity index (χ3n) is 2.08. The third-order valence-corrected chi connectivity index (χ3v) is 2.43. The highest BCUT2D eigenvalue weighted by molar-refractivity contribution is 6.31. The molecule has 4 N–H and O–H groups in total. The first kappa shape index (κ1) is 12.8. The molecule has 1 aromatic carbocycles. The summed E-state index contributed by atoms with van der Waals surface area (Å²) in [4.78, 5) is 10.6. The molecule has 0 fully saturated rings. The molecule has 0 radical (unpaired) electrons. The summed E-state index contributed by atoms with van der Waals surface area (Å²) in [6.45, 7) is 0.753. The Morgan fingerprint density at radius 2 is 2.19 bits per heavy atom. The number of hydrogen-bond donors (Lipinski definition) is 2. The van der Waals surface area contributed by atoms with Crippen molar-refractivity contribution in [3.8, 4) is 5.75 Å².